The van der Waals surface area contributed by atoms with Crippen molar-refractivity contribution in [1.29, 1.82) is 0 Å². The van der Waals surface area contributed by atoms with E-state index < -0.39 is 0 Å². The number of aryl methyl sites for hydroxylation is 2. The first-order valence-electron chi connectivity index (χ1n) is 13.5. The lowest BCUT2D eigenvalue weighted by molar-refractivity contribution is -0.119. The molecule has 0 bridgehead atoms. The van der Waals surface area contributed by atoms with Gasteiger partial charge in [-0.3, -0.25) is 9.59 Å². The maximum Gasteiger partial charge on any atom is 0.253 e. The second-order valence-electron chi connectivity index (χ2n) is 7.16. The molecule has 1 aromatic carbocycles. The molecular weight excluding hydrogens is 458 g/mol. The lowest BCUT2D eigenvalue weighted by atomic mass is 10.0. The van der Waals surface area contributed by atoms with E-state index in [0.717, 1.165) is 61.9 Å². The van der Waals surface area contributed by atoms with Gasteiger partial charge in [0.25, 0.3) is 5.91 Å². The zero-order valence-corrected chi connectivity index (χ0v) is 24.4. The molecule has 2 aromatic rings. The summed E-state index contributed by atoms with van der Waals surface area (Å²) in [5.74, 6) is 0.214. The summed E-state index contributed by atoms with van der Waals surface area (Å²) in [5.41, 5.74) is 5.31. The minimum Gasteiger partial charge on any atom is -0.361 e. The van der Waals surface area contributed by atoms with Crippen molar-refractivity contribution in [2.45, 2.75) is 107 Å². The van der Waals surface area contributed by atoms with Gasteiger partial charge in [0.1, 0.15) is 0 Å². The number of amides is 2. The minimum atomic E-state index is 0.0104. The van der Waals surface area contributed by atoms with Crippen LogP contribution in [-0.4, -0.2) is 23.3 Å². The number of benzene rings is 1. The topological polar surface area (TPSA) is 74.0 Å². The third-order valence-electron chi connectivity index (χ3n) is 4.97. The van der Waals surface area contributed by atoms with E-state index in [-0.39, 0.29) is 11.8 Å². The predicted molar refractivity (Wildman–Crippen MR) is 152 cm³/mol. The largest absolute Gasteiger partial charge is 0.361 e. The molecule has 1 fully saturated rings. The van der Waals surface area contributed by atoms with Crippen molar-refractivity contribution in [1.82, 2.24) is 15.6 Å². The highest BCUT2D eigenvalue weighted by molar-refractivity contribution is 6.30. The van der Waals surface area contributed by atoms with Gasteiger partial charge >= 0.3 is 0 Å². The van der Waals surface area contributed by atoms with Crippen molar-refractivity contribution >= 4 is 23.4 Å². The SMILES string of the molecule is CC.CC.CC.CCCc1c(CC)[nH]c(CC)c1C(=O)NCc1ccc(Cl)cc1.O=C1CCCN1. The Balaban J connectivity index is 0. The van der Waals surface area contributed by atoms with Crippen LogP contribution < -0.4 is 10.6 Å². The molecule has 5 nitrogen and oxygen atoms in total. The summed E-state index contributed by atoms with van der Waals surface area (Å²) in [6, 6.07) is 7.55. The number of carbonyl (C=O) groups excluding carboxylic acids is 2. The van der Waals surface area contributed by atoms with Crippen LogP contribution in [0.2, 0.25) is 5.02 Å². The van der Waals surface area contributed by atoms with Gasteiger partial charge in [-0.1, -0.05) is 92.5 Å². The first-order chi connectivity index (χ1) is 17.0. The van der Waals surface area contributed by atoms with E-state index in [9.17, 15) is 9.59 Å². The summed E-state index contributed by atoms with van der Waals surface area (Å²) < 4.78 is 0. The zero-order chi connectivity index (χ0) is 27.2. The summed E-state index contributed by atoms with van der Waals surface area (Å²) in [7, 11) is 0. The van der Waals surface area contributed by atoms with Crippen molar-refractivity contribution in [3.63, 3.8) is 0 Å². The Morgan fingerprint density at radius 1 is 0.943 bits per heavy atom. The van der Waals surface area contributed by atoms with Crippen LogP contribution >= 0.6 is 11.6 Å². The van der Waals surface area contributed by atoms with Crippen LogP contribution in [0.15, 0.2) is 24.3 Å². The van der Waals surface area contributed by atoms with Crippen LogP contribution in [0.1, 0.15) is 114 Å². The van der Waals surface area contributed by atoms with E-state index >= 15 is 0 Å². The van der Waals surface area contributed by atoms with Crippen molar-refractivity contribution < 1.29 is 9.59 Å². The van der Waals surface area contributed by atoms with Gasteiger partial charge in [0.2, 0.25) is 5.91 Å². The number of H-pyrrole nitrogens is 1. The van der Waals surface area contributed by atoms with E-state index in [1.165, 1.54) is 11.3 Å². The Morgan fingerprint density at radius 2 is 1.51 bits per heavy atom. The number of halogens is 1. The minimum absolute atomic E-state index is 0.0104. The third-order valence-corrected chi connectivity index (χ3v) is 5.22. The van der Waals surface area contributed by atoms with Gasteiger partial charge in [0.15, 0.2) is 0 Å². The Kier molecular flexibility index (Phi) is 22.1. The van der Waals surface area contributed by atoms with Gasteiger partial charge in [-0.2, -0.15) is 0 Å². The standard InChI is InChI=1S/C19H25ClN2O.C4H7NO.3C2H6/c1-4-7-15-16(5-2)22-17(6-3)18(15)19(23)21-12-13-8-10-14(20)11-9-13;6-4-2-1-3-5-4;3*1-2/h8-11,22H,4-7,12H2,1-3H3,(H,21,23);1-3H2,(H,5,6);3*1-2H3. The molecule has 3 rings (SSSR count). The van der Waals surface area contributed by atoms with Crippen LogP contribution in [-0.2, 0) is 30.6 Å². The Morgan fingerprint density at radius 3 is 1.91 bits per heavy atom. The smallest absolute Gasteiger partial charge is 0.253 e. The first kappa shape index (κ1) is 34.9. The summed E-state index contributed by atoms with van der Waals surface area (Å²) >= 11 is 5.89. The summed E-state index contributed by atoms with van der Waals surface area (Å²) in [4.78, 5) is 26.3. The van der Waals surface area contributed by atoms with Gasteiger partial charge in [-0.05, 0) is 48.9 Å². The Labute approximate surface area is 219 Å². The van der Waals surface area contributed by atoms with Crippen molar-refractivity contribution in [3.05, 3.63) is 57.4 Å². The van der Waals surface area contributed by atoms with Gasteiger partial charge in [-0.15, -0.1) is 0 Å². The lowest BCUT2D eigenvalue weighted by Gasteiger charge is -2.09. The van der Waals surface area contributed by atoms with Crippen LogP contribution in [0.25, 0.3) is 0 Å². The molecule has 3 N–H and O–H groups in total. The number of aromatic nitrogens is 1. The molecular formula is C29H50ClN3O2. The molecule has 0 saturated carbocycles. The molecule has 1 saturated heterocycles. The molecule has 0 atom stereocenters. The molecule has 0 unspecified atom stereocenters. The molecule has 1 aromatic heterocycles. The Hall–Kier alpha value is -2.27. The average molecular weight is 508 g/mol. The predicted octanol–water partition coefficient (Wildman–Crippen LogP) is 7.65. The quantitative estimate of drug-likeness (QED) is 0.360. The second-order valence-corrected chi connectivity index (χ2v) is 7.59. The van der Waals surface area contributed by atoms with E-state index in [0.29, 0.717) is 11.6 Å². The number of aromatic amines is 1. The maximum absolute atomic E-state index is 12.7. The highest BCUT2D eigenvalue weighted by atomic mass is 35.5. The number of nitrogens with one attached hydrogen (secondary N) is 3. The molecule has 0 aliphatic carbocycles. The molecule has 2 amide bonds. The number of rotatable bonds is 7. The zero-order valence-electron chi connectivity index (χ0n) is 23.7. The molecule has 1 aliphatic rings. The van der Waals surface area contributed by atoms with Crippen LogP contribution in [0, 0.1) is 0 Å². The molecule has 0 radical (unpaired) electrons. The Bertz CT molecular complexity index is 806. The normalized spacial score (nSPS) is 11.2. The monoisotopic (exact) mass is 507 g/mol. The van der Waals surface area contributed by atoms with Crippen molar-refractivity contribution in [2.24, 2.45) is 0 Å². The van der Waals surface area contributed by atoms with E-state index in [4.69, 9.17) is 11.6 Å². The van der Waals surface area contributed by atoms with Crippen molar-refractivity contribution in [2.75, 3.05) is 6.54 Å². The summed E-state index contributed by atoms with van der Waals surface area (Å²) in [5, 5.41) is 6.43. The highest BCUT2D eigenvalue weighted by Crippen LogP contribution is 2.22. The van der Waals surface area contributed by atoms with Gasteiger partial charge in [-0.25, -0.2) is 0 Å². The second kappa shape index (κ2) is 22.2. The molecule has 6 heteroatoms. The average Bonchev–Trinajstić information content (AvgIpc) is 3.54. The third kappa shape index (κ3) is 12.8. The lowest BCUT2D eigenvalue weighted by Crippen LogP contribution is -2.24. The maximum atomic E-state index is 12.7. The summed E-state index contributed by atoms with van der Waals surface area (Å²) in [6.45, 7) is 19.8. The van der Waals surface area contributed by atoms with Crippen LogP contribution in [0.4, 0.5) is 0 Å². The number of hydrogen-bond acceptors (Lipinski definition) is 2. The molecule has 0 spiro atoms. The van der Waals surface area contributed by atoms with Gasteiger partial charge in [0, 0.05) is 35.9 Å². The fourth-order valence-electron chi connectivity index (χ4n) is 3.46. The highest BCUT2D eigenvalue weighted by Gasteiger charge is 2.20. The molecule has 1 aliphatic heterocycles. The van der Waals surface area contributed by atoms with Gasteiger partial charge < -0.3 is 15.6 Å². The van der Waals surface area contributed by atoms with Crippen LogP contribution in [0.3, 0.4) is 0 Å². The van der Waals surface area contributed by atoms with E-state index in [1.54, 1.807) is 0 Å². The van der Waals surface area contributed by atoms with E-state index in [2.05, 4.69) is 36.4 Å². The molecule has 2 heterocycles. The van der Waals surface area contributed by atoms with Crippen LogP contribution in [0.5, 0.6) is 0 Å². The first-order valence-corrected chi connectivity index (χ1v) is 13.9. The van der Waals surface area contributed by atoms with Gasteiger partial charge in [0.05, 0.1) is 5.56 Å². The fraction of sp³-hybridized carbons (Fsp3) is 0.586. The summed E-state index contributed by atoms with van der Waals surface area (Å²) in [6.07, 6.45) is 5.49. The van der Waals surface area contributed by atoms with Crippen molar-refractivity contribution in [3.8, 4) is 0 Å². The number of carbonyl (C=O) groups is 2. The molecule has 200 valence electrons. The number of hydrogen-bond donors (Lipinski definition) is 3. The van der Waals surface area contributed by atoms with E-state index in [1.807, 2.05) is 65.8 Å². The molecule has 35 heavy (non-hydrogen) atoms. The fourth-order valence-corrected chi connectivity index (χ4v) is 3.58.